The summed E-state index contributed by atoms with van der Waals surface area (Å²) in [6.07, 6.45) is 2.61. The van der Waals surface area contributed by atoms with Crippen molar-refractivity contribution < 1.29 is 8.42 Å². The molecule has 1 rings (SSSR count). The van der Waals surface area contributed by atoms with Crippen LogP contribution in [0.3, 0.4) is 0 Å². The lowest BCUT2D eigenvalue weighted by atomic mass is 10.1. The summed E-state index contributed by atoms with van der Waals surface area (Å²) in [4.78, 5) is 3.76. The van der Waals surface area contributed by atoms with Crippen LogP contribution in [-0.4, -0.2) is 19.7 Å². The van der Waals surface area contributed by atoms with Crippen molar-refractivity contribution in [1.29, 1.82) is 0 Å². The van der Waals surface area contributed by atoms with Crippen LogP contribution in [0, 0.1) is 0 Å². The van der Waals surface area contributed by atoms with Crippen LogP contribution < -0.4 is 0 Å². The Bertz CT molecular complexity index is 435. The van der Waals surface area contributed by atoms with Crippen LogP contribution in [0.2, 0.25) is 0 Å². The summed E-state index contributed by atoms with van der Waals surface area (Å²) >= 11 is 0. The fraction of sp³-hybridized carbons (Fsp3) is 0.222. The van der Waals surface area contributed by atoms with Gasteiger partial charge >= 0.3 is 0 Å². The number of allylic oxidation sites excluding steroid dienone is 1. The van der Waals surface area contributed by atoms with E-state index in [0.29, 0.717) is 0 Å². The molecule has 0 atom stereocenters. The van der Waals surface area contributed by atoms with Gasteiger partial charge in [-0.1, -0.05) is 12.2 Å². The molecule has 0 N–H and O–H groups in total. The molecule has 3 nitrogen and oxygen atoms in total. The minimum absolute atomic E-state index is 0.0907. The van der Waals surface area contributed by atoms with Crippen molar-refractivity contribution in [2.24, 2.45) is 0 Å². The Balaban J connectivity index is 3.29. The Kier molecular flexibility index (Phi) is 2.52. The highest BCUT2D eigenvalue weighted by Crippen LogP contribution is 2.14. The minimum atomic E-state index is -3.21. The van der Waals surface area contributed by atoms with Crippen LogP contribution in [0.1, 0.15) is 12.5 Å². The summed E-state index contributed by atoms with van der Waals surface area (Å²) < 4.78 is 22.2. The second-order valence-corrected chi connectivity index (χ2v) is 4.90. The van der Waals surface area contributed by atoms with Gasteiger partial charge in [0.1, 0.15) is 0 Å². The maximum atomic E-state index is 11.1. The quantitative estimate of drug-likeness (QED) is 0.722. The van der Waals surface area contributed by atoms with E-state index in [1.807, 2.05) is 6.92 Å². The first-order valence-electron chi connectivity index (χ1n) is 3.73. The van der Waals surface area contributed by atoms with Gasteiger partial charge in [0.15, 0.2) is 14.9 Å². The Morgan fingerprint density at radius 1 is 1.54 bits per heavy atom. The molecule has 70 valence electrons. The van der Waals surface area contributed by atoms with Gasteiger partial charge in [0, 0.05) is 12.5 Å². The number of rotatable bonds is 2. The van der Waals surface area contributed by atoms with Crippen LogP contribution >= 0.6 is 0 Å². The van der Waals surface area contributed by atoms with E-state index < -0.39 is 9.84 Å². The molecule has 0 saturated carbocycles. The highest BCUT2D eigenvalue weighted by molar-refractivity contribution is 7.90. The smallest absolute Gasteiger partial charge is 0.192 e. The van der Waals surface area contributed by atoms with Crippen LogP contribution in [0.25, 0.3) is 5.57 Å². The van der Waals surface area contributed by atoms with Crippen molar-refractivity contribution in [2.45, 2.75) is 11.9 Å². The van der Waals surface area contributed by atoms with Gasteiger partial charge in [-0.15, -0.1) is 0 Å². The van der Waals surface area contributed by atoms with Crippen LogP contribution in [0.5, 0.6) is 0 Å². The number of pyridine rings is 1. The van der Waals surface area contributed by atoms with Gasteiger partial charge in [-0.2, -0.15) is 0 Å². The zero-order valence-electron chi connectivity index (χ0n) is 7.61. The fourth-order valence-electron chi connectivity index (χ4n) is 0.878. The molecule has 1 heterocycles. The van der Waals surface area contributed by atoms with E-state index in [9.17, 15) is 8.42 Å². The topological polar surface area (TPSA) is 47.0 Å². The lowest BCUT2D eigenvalue weighted by Crippen LogP contribution is -2.00. The number of aromatic nitrogens is 1. The van der Waals surface area contributed by atoms with Crippen molar-refractivity contribution in [1.82, 2.24) is 4.98 Å². The van der Waals surface area contributed by atoms with Crippen LogP contribution in [-0.2, 0) is 9.84 Å². The Hall–Kier alpha value is -1.16. The summed E-state index contributed by atoms with van der Waals surface area (Å²) in [5.74, 6) is 0. The van der Waals surface area contributed by atoms with Crippen molar-refractivity contribution in [3.8, 4) is 0 Å². The minimum Gasteiger partial charge on any atom is -0.245 e. The molecule has 0 spiro atoms. The number of hydrogen-bond donors (Lipinski definition) is 0. The van der Waals surface area contributed by atoms with Crippen molar-refractivity contribution >= 4 is 15.4 Å². The second-order valence-electron chi connectivity index (χ2n) is 2.94. The van der Waals surface area contributed by atoms with E-state index in [2.05, 4.69) is 11.6 Å². The predicted octanol–water partition coefficient (Wildman–Crippen LogP) is 1.52. The van der Waals surface area contributed by atoms with E-state index in [-0.39, 0.29) is 5.03 Å². The first-order chi connectivity index (χ1) is 5.91. The third-order valence-electron chi connectivity index (χ3n) is 1.61. The Labute approximate surface area is 78.0 Å². The fourth-order valence-corrected chi connectivity index (χ4v) is 1.47. The van der Waals surface area contributed by atoms with Crippen molar-refractivity contribution in [2.75, 3.05) is 6.26 Å². The van der Waals surface area contributed by atoms with E-state index in [4.69, 9.17) is 0 Å². The van der Waals surface area contributed by atoms with Gasteiger partial charge in [0.05, 0.1) is 0 Å². The van der Waals surface area contributed by atoms with E-state index in [1.165, 1.54) is 12.3 Å². The van der Waals surface area contributed by atoms with Crippen LogP contribution in [0.4, 0.5) is 0 Å². The molecule has 0 saturated heterocycles. The molecule has 0 amide bonds. The molecule has 0 aliphatic heterocycles. The second kappa shape index (κ2) is 3.30. The maximum Gasteiger partial charge on any atom is 0.192 e. The standard InChI is InChI=1S/C9H11NO2S/c1-7(2)8-4-5-10-9(6-8)13(3,11)12/h4-6H,1H2,2-3H3. The molecule has 0 unspecified atom stereocenters. The van der Waals surface area contributed by atoms with Gasteiger partial charge in [0.2, 0.25) is 0 Å². The lowest BCUT2D eigenvalue weighted by molar-refractivity contribution is 0.598. The first-order valence-corrected chi connectivity index (χ1v) is 5.62. The highest BCUT2D eigenvalue weighted by atomic mass is 32.2. The van der Waals surface area contributed by atoms with Crippen LogP contribution in [0.15, 0.2) is 29.9 Å². The molecular weight excluding hydrogens is 186 g/mol. The molecule has 1 aromatic rings. The maximum absolute atomic E-state index is 11.1. The summed E-state index contributed by atoms with van der Waals surface area (Å²) in [6.45, 7) is 5.55. The molecule has 13 heavy (non-hydrogen) atoms. The number of sulfone groups is 1. The monoisotopic (exact) mass is 197 g/mol. The molecule has 4 heteroatoms. The zero-order valence-corrected chi connectivity index (χ0v) is 8.43. The van der Waals surface area contributed by atoms with Crippen molar-refractivity contribution in [3.63, 3.8) is 0 Å². The normalized spacial score (nSPS) is 11.2. The molecular formula is C9H11NO2S. The van der Waals surface area contributed by atoms with E-state index in [0.717, 1.165) is 17.4 Å². The Morgan fingerprint density at radius 2 is 2.15 bits per heavy atom. The molecule has 0 aliphatic carbocycles. The zero-order chi connectivity index (χ0) is 10.1. The number of nitrogens with zero attached hydrogens (tertiary/aromatic N) is 1. The number of hydrogen-bond acceptors (Lipinski definition) is 3. The first kappa shape index (κ1) is 9.92. The summed E-state index contributed by atoms with van der Waals surface area (Å²) in [5, 5.41) is 0.0907. The van der Waals surface area contributed by atoms with Gasteiger partial charge in [-0.3, -0.25) is 0 Å². The Morgan fingerprint density at radius 3 is 2.62 bits per heavy atom. The molecule has 0 aliphatic rings. The predicted molar refractivity (Wildman–Crippen MR) is 52.1 cm³/mol. The summed E-state index contributed by atoms with van der Waals surface area (Å²) in [7, 11) is -3.21. The average Bonchev–Trinajstić information content (AvgIpc) is 2.03. The van der Waals surface area contributed by atoms with Gasteiger partial charge in [-0.25, -0.2) is 13.4 Å². The molecule has 0 radical (unpaired) electrons. The molecule has 0 fully saturated rings. The van der Waals surface area contributed by atoms with Gasteiger partial charge < -0.3 is 0 Å². The van der Waals surface area contributed by atoms with Gasteiger partial charge in [0.25, 0.3) is 0 Å². The molecule has 0 bridgehead atoms. The highest BCUT2D eigenvalue weighted by Gasteiger charge is 2.08. The molecule has 1 aromatic heterocycles. The van der Waals surface area contributed by atoms with Crippen molar-refractivity contribution in [3.05, 3.63) is 30.5 Å². The third kappa shape index (κ3) is 2.39. The summed E-state index contributed by atoms with van der Waals surface area (Å²) in [5.41, 5.74) is 1.63. The van der Waals surface area contributed by atoms with Gasteiger partial charge in [-0.05, 0) is 24.6 Å². The van der Waals surface area contributed by atoms with E-state index >= 15 is 0 Å². The average molecular weight is 197 g/mol. The lowest BCUT2D eigenvalue weighted by Gasteiger charge is -2.01. The largest absolute Gasteiger partial charge is 0.245 e. The molecule has 0 aromatic carbocycles. The SMILES string of the molecule is C=C(C)c1ccnc(S(C)(=O)=O)c1. The van der Waals surface area contributed by atoms with E-state index in [1.54, 1.807) is 6.07 Å². The summed E-state index contributed by atoms with van der Waals surface area (Å²) in [6, 6.07) is 3.26. The third-order valence-corrected chi connectivity index (χ3v) is 2.59.